The quantitative estimate of drug-likeness (QED) is 0.698. The molecule has 2 aromatic carbocycles. The standard InChI is InChI=1S/C22H23N5O2/c1-29-22-25-19(24-21(26-22)27-13-5-6-14-27)15-23-20(28)18-11-9-17(10-12-18)16-7-3-2-4-8-16/h2-4,7-12H,5-6,13-15H2,1H3,(H,23,28). The molecule has 29 heavy (non-hydrogen) atoms. The van der Waals surface area contributed by atoms with Crippen LogP contribution in [0.1, 0.15) is 29.0 Å². The number of nitrogens with zero attached hydrogens (tertiary/aromatic N) is 4. The largest absolute Gasteiger partial charge is 0.467 e. The molecule has 1 saturated heterocycles. The molecule has 0 aliphatic carbocycles. The van der Waals surface area contributed by atoms with Gasteiger partial charge in [0.15, 0.2) is 5.82 Å². The van der Waals surface area contributed by atoms with Crippen LogP contribution in [-0.2, 0) is 6.54 Å². The number of rotatable bonds is 6. The summed E-state index contributed by atoms with van der Waals surface area (Å²) < 4.78 is 5.20. The molecule has 1 fully saturated rings. The molecule has 4 rings (SSSR count). The fourth-order valence-electron chi connectivity index (χ4n) is 3.32. The molecule has 3 aromatic rings. The highest BCUT2D eigenvalue weighted by atomic mass is 16.5. The number of methoxy groups -OCH3 is 1. The van der Waals surface area contributed by atoms with Gasteiger partial charge in [-0.2, -0.15) is 15.0 Å². The third-order valence-corrected chi connectivity index (χ3v) is 4.88. The Bertz CT molecular complexity index is 970. The number of carbonyl (C=O) groups excluding carboxylic acids is 1. The van der Waals surface area contributed by atoms with Crippen molar-refractivity contribution in [3.8, 4) is 17.1 Å². The predicted octanol–water partition coefficient (Wildman–Crippen LogP) is 3.08. The summed E-state index contributed by atoms with van der Waals surface area (Å²) in [6.45, 7) is 2.05. The van der Waals surface area contributed by atoms with Gasteiger partial charge in [0.25, 0.3) is 5.91 Å². The highest BCUT2D eigenvalue weighted by Gasteiger charge is 2.18. The van der Waals surface area contributed by atoms with Crippen molar-refractivity contribution in [1.29, 1.82) is 0 Å². The number of anilines is 1. The van der Waals surface area contributed by atoms with Crippen molar-refractivity contribution in [2.24, 2.45) is 0 Å². The van der Waals surface area contributed by atoms with E-state index in [2.05, 4.69) is 25.2 Å². The topological polar surface area (TPSA) is 80.2 Å². The second-order valence-electron chi connectivity index (χ2n) is 6.86. The Morgan fingerprint density at radius 1 is 0.966 bits per heavy atom. The Hall–Kier alpha value is -3.48. The van der Waals surface area contributed by atoms with Gasteiger partial charge in [-0.3, -0.25) is 4.79 Å². The van der Waals surface area contributed by atoms with Crippen molar-refractivity contribution >= 4 is 11.9 Å². The first kappa shape index (κ1) is 18.9. The lowest BCUT2D eigenvalue weighted by molar-refractivity contribution is 0.0949. The molecule has 0 spiro atoms. The maximum Gasteiger partial charge on any atom is 0.321 e. The van der Waals surface area contributed by atoms with Crippen molar-refractivity contribution < 1.29 is 9.53 Å². The third-order valence-electron chi connectivity index (χ3n) is 4.88. The molecule has 1 N–H and O–H groups in total. The van der Waals surface area contributed by atoms with E-state index < -0.39 is 0 Å². The first-order valence-corrected chi connectivity index (χ1v) is 9.70. The zero-order valence-corrected chi connectivity index (χ0v) is 16.3. The summed E-state index contributed by atoms with van der Waals surface area (Å²) in [6.07, 6.45) is 2.25. The van der Waals surface area contributed by atoms with Crippen molar-refractivity contribution in [3.63, 3.8) is 0 Å². The van der Waals surface area contributed by atoms with Gasteiger partial charge >= 0.3 is 6.01 Å². The zero-order valence-electron chi connectivity index (χ0n) is 16.3. The Morgan fingerprint density at radius 3 is 2.34 bits per heavy atom. The monoisotopic (exact) mass is 389 g/mol. The van der Waals surface area contributed by atoms with Crippen molar-refractivity contribution in [3.05, 3.63) is 66.0 Å². The lowest BCUT2D eigenvalue weighted by atomic mass is 10.0. The highest BCUT2D eigenvalue weighted by Crippen LogP contribution is 2.20. The van der Waals surface area contributed by atoms with Crippen LogP contribution in [0.5, 0.6) is 6.01 Å². The lowest BCUT2D eigenvalue weighted by Gasteiger charge is -2.16. The van der Waals surface area contributed by atoms with E-state index in [1.807, 2.05) is 54.6 Å². The van der Waals surface area contributed by atoms with Gasteiger partial charge < -0.3 is 15.0 Å². The second kappa shape index (κ2) is 8.68. The summed E-state index contributed by atoms with van der Waals surface area (Å²) in [5, 5.41) is 2.88. The van der Waals surface area contributed by atoms with Gasteiger partial charge in [-0.15, -0.1) is 0 Å². The van der Waals surface area contributed by atoms with Crippen LogP contribution in [0.4, 0.5) is 5.95 Å². The number of aromatic nitrogens is 3. The Balaban J connectivity index is 1.43. The number of ether oxygens (including phenoxy) is 1. The number of benzene rings is 2. The molecule has 148 valence electrons. The summed E-state index contributed by atoms with van der Waals surface area (Å²) in [5.41, 5.74) is 2.77. The smallest absolute Gasteiger partial charge is 0.321 e. The molecule has 0 radical (unpaired) electrons. The maximum atomic E-state index is 12.5. The lowest BCUT2D eigenvalue weighted by Crippen LogP contribution is -2.26. The van der Waals surface area contributed by atoms with E-state index >= 15 is 0 Å². The fourth-order valence-corrected chi connectivity index (χ4v) is 3.32. The first-order valence-electron chi connectivity index (χ1n) is 9.70. The summed E-state index contributed by atoms with van der Waals surface area (Å²) >= 11 is 0. The molecule has 0 bridgehead atoms. The minimum atomic E-state index is -0.174. The van der Waals surface area contributed by atoms with Gasteiger partial charge in [0.05, 0.1) is 13.7 Å². The Labute approximate surface area is 169 Å². The minimum absolute atomic E-state index is 0.174. The number of hydrogen-bond acceptors (Lipinski definition) is 6. The van der Waals surface area contributed by atoms with E-state index in [0.717, 1.165) is 37.1 Å². The molecule has 1 aromatic heterocycles. The molecular formula is C22H23N5O2. The van der Waals surface area contributed by atoms with Crippen molar-refractivity contribution in [1.82, 2.24) is 20.3 Å². The molecule has 7 nitrogen and oxygen atoms in total. The molecule has 1 aliphatic heterocycles. The fraction of sp³-hybridized carbons (Fsp3) is 0.273. The number of nitrogens with one attached hydrogen (secondary N) is 1. The number of amides is 1. The van der Waals surface area contributed by atoms with Gasteiger partial charge in [-0.05, 0) is 36.1 Å². The van der Waals surface area contributed by atoms with Gasteiger partial charge in [0, 0.05) is 18.7 Å². The SMILES string of the molecule is COc1nc(CNC(=O)c2ccc(-c3ccccc3)cc2)nc(N2CCCC2)n1. The Kier molecular flexibility index (Phi) is 5.65. The molecule has 0 saturated carbocycles. The molecular weight excluding hydrogens is 366 g/mol. The minimum Gasteiger partial charge on any atom is -0.467 e. The van der Waals surface area contributed by atoms with Crippen LogP contribution >= 0.6 is 0 Å². The maximum absolute atomic E-state index is 12.5. The normalized spacial score (nSPS) is 13.3. The van der Waals surface area contributed by atoms with Crippen LogP contribution in [0.15, 0.2) is 54.6 Å². The molecule has 7 heteroatoms. The summed E-state index contributed by atoms with van der Waals surface area (Å²) in [7, 11) is 1.53. The van der Waals surface area contributed by atoms with E-state index in [-0.39, 0.29) is 18.5 Å². The van der Waals surface area contributed by atoms with E-state index in [0.29, 0.717) is 17.3 Å². The number of carbonyl (C=O) groups is 1. The summed E-state index contributed by atoms with van der Waals surface area (Å²) in [4.78, 5) is 27.7. The second-order valence-corrected chi connectivity index (χ2v) is 6.86. The van der Waals surface area contributed by atoms with Crippen LogP contribution in [0.3, 0.4) is 0 Å². The van der Waals surface area contributed by atoms with Crippen LogP contribution in [0, 0.1) is 0 Å². The predicted molar refractivity (Wildman–Crippen MR) is 111 cm³/mol. The average molecular weight is 389 g/mol. The van der Waals surface area contributed by atoms with Crippen LogP contribution in [0.25, 0.3) is 11.1 Å². The van der Waals surface area contributed by atoms with E-state index in [9.17, 15) is 4.79 Å². The Morgan fingerprint density at radius 2 is 1.66 bits per heavy atom. The van der Waals surface area contributed by atoms with Crippen molar-refractivity contribution in [2.45, 2.75) is 19.4 Å². The zero-order chi connectivity index (χ0) is 20.1. The molecule has 0 unspecified atom stereocenters. The highest BCUT2D eigenvalue weighted by molar-refractivity contribution is 5.94. The average Bonchev–Trinajstić information content (AvgIpc) is 3.33. The van der Waals surface area contributed by atoms with E-state index in [1.165, 1.54) is 7.11 Å². The third kappa shape index (κ3) is 4.51. The molecule has 1 amide bonds. The van der Waals surface area contributed by atoms with Gasteiger partial charge in [0.2, 0.25) is 5.95 Å². The van der Waals surface area contributed by atoms with E-state index in [1.54, 1.807) is 0 Å². The first-order chi connectivity index (χ1) is 14.2. The van der Waals surface area contributed by atoms with Gasteiger partial charge in [-0.1, -0.05) is 42.5 Å². The summed E-state index contributed by atoms with van der Waals surface area (Å²) in [6, 6.07) is 17.9. The van der Waals surface area contributed by atoms with Gasteiger partial charge in [0.1, 0.15) is 0 Å². The summed E-state index contributed by atoms with van der Waals surface area (Å²) in [5.74, 6) is 0.908. The van der Waals surface area contributed by atoms with Gasteiger partial charge in [-0.25, -0.2) is 0 Å². The van der Waals surface area contributed by atoms with Crippen LogP contribution < -0.4 is 15.0 Å². The molecule has 2 heterocycles. The molecule has 1 aliphatic rings. The van der Waals surface area contributed by atoms with Crippen LogP contribution in [-0.4, -0.2) is 41.1 Å². The van der Waals surface area contributed by atoms with E-state index in [4.69, 9.17) is 4.74 Å². The van der Waals surface area contributed by atoms with Crippen LogP contribution in [0.2, 0.25) is 0 Å². The number of hydrogen-bond donors (Lipinski definition) is 1. The molecule has 0 atom stereocenters. The van der Waals surface area contributed by atoms with Crippen molar-refractivity contribution in [2.75, 3.05) is 25.1 Å².